The normalized spacial score (nSPS) is 15.3. The lowest BCUT2D eigenvalue weighted by atomic mass is 10.1. The maximum Gasteiger partial charge on any atom is 0.270 e. The molecule has 3 heterocycles. The lowest BCUT2D eigenvalue weighted by Crippen LogP contribution is -2.46. The summed E-state index contributed by atoms with van der Waals surface area (Å²) in [4.78, 5) is 18.7. The molecular formula is C20H20N4OS. The van der Waals surface area contributed by atoms with Gasteiger partial charge in [0, 0.05) is 50.0 Å². The Morgan fingerprint density at radius 3 is 2.58 bits per heavy atom. The van der Waals surface area contributed by atoms with Crippen molar-refractivity contribution in [1.82, 2.24) is 9.47 Å². The highest BCUT2D eigenvalue weighted by Crippen LogP contribution is 2.29. The monoisotopic (exact) mass is 364 g/mol. The summed E-state index contributed by atoms with van der Waals surface area (Å²) in [5, 5.41) is 12.7. The number of hydrogen-bond donors (Lipinski definition) is 0. The van der Waals surface area contributed by atoms with Crippen molar-refractivity contribution in [3.05, 3.63) is 62.6 Å². The minimum atomic E-state index is -0.220. The molecule has 132 valence electrons. The molecule has 0 aliphatic carbocycles. The summed E-state index contributed by atoms with van der Waals surface area (Å²) >= 11 is 1.78. The number of hydrogen-bond acceptors (Lipinski definition) is 5. The number of para-hydroxylation sites is 1. The number of fused-ring (bicyclic) bond motifs is 1. The topological polar surface area (TPSA) is 52.3 Å². The van der Waals surface area contributed by atoms with E-state index in [0.717, 1.165) is 49.3 Å². The molecule has 26 heavy (non-hydrogen) atoms. The number of aryl methyl sites for hydroxylation is 1. The Morgan fingerprint density at radius 2 is 1.88 bits per heavy atom. The zero-order valence-corrected chi connectivity index (χ0v) is 15.5. The second kappa shape index (κ2) is 6.94. The van der Waals surface area contributed by atoms with Gasteiger partial charge in [-0.25, -0.2) is 0 Å². The van der Waals surface area contributed by atoms with Gasteiger partial charge in [-0.15, -0.1) is 11.3 Å². The van der Waals surface area contributed by atoms with Gasteiger partial charge in [0.2, 0.25) is 0 Å². The molecule has 2 aromatic heterocycles. The van der Waals surface area contributed by atoms with E-state index >= 15 is 0 Å². The van der Waals surface area contributed by atoms with Crippen molar-refractivity contribution >= 4 is 27.9 Å². The van der Waals surface area contributed by atoms with E-state index in [2.05, 4.69) is 33.4 Å². The van der Waals surface area contributed by atoms with Crippen LogP contribution in [0.3, 0.4) is 0 Å². The van der Waals surface area contributed by atoms with Crippen molar-refractivity contribution in [2.24, 2.45) is 7.05 Å². The summed E-state index contributed by atoms with van der Waals surface area (Å²) in [6.45, 7) is 4.45. The molecule has 6 heteroatoms. The van der Waals surface area contributed by atoms with Crippen LogP contribution in [0, 0.1) is 11.3 Å². The summed E-state index contributed by atoms with van der Waals surface area (Å²) in [6, 6.07) is 14.2. The van der Waals surface area contributed by atoms with Crippen LogP contribution >= 0.6 is 11.3 Å². The Labute approximate surface area is 156 Å². The van der Waals surface area contributed by atoms with Crippen molar-refractivity contribution in [1.29, 1.82) is 5.26 Å². The second-order valence-electron chi connectivity index (χ2n) is 6.56. The molecule has 1 saturated heterocycles. The van der Waals surface area contributed by atoms with Gasteiger partial charge < -0.3 is 9.47 Å². The van der Waals surface area contributed by atoms with Gasteiger partial charge in [0.1, 0.15) is 11.6 Å². The maximum atomic E-state index is 12.7. The number of nitrogens with zero attached hydrogens (tertiary/aromatic N) is 4. The predicted molar refractivity (Wildman–Crippen MR) is 106 cm³/mol. The number of piperazine rings is 1. The molecule has 0 amide bonds. The Morgan fingerprint density at radius 1 is 1.12 bits per heavy atom. The van der Waals surface area contributed by atoms with Crippen LogP contribution in [0.25, 0.3) is 10.9 Å². The summed E-state index contributed by atoms with van der Waals surface area (Å²) in [7, 11) is 1.73. The zero-order valence-electron chi connectivity index (χ0n) is 14.7. The van der Waals surface area contributed by atoms with E-state index in [9.17, 15) is 10.1 Å². The van der Waals surface area contributed by atoms with Gasteiger partial charge in [0.15, 0.2) is 0 Å². The van der Waals surface area contributed by atoms with Crippen molar-refractivity contribution in [3.8, 4) is 6.07 Å². The third-order valence-electron chi connectivity index (χ3n) is 5.04. The van der Waals surface area contributed by atoms with Gasteiger partial charge in [0.25, 0.3) is 5.56 Å². The SMILES string of the molecule is Cn1c(=O)c(C#N)c(N2CCN(Cc3cccs3)CC2)c2ccccc21. The molecule has 0 unspecified atom stereocenters. The number of pyridine rings is 1. The molecule has 5 nitrogen and oxygen atoms in total. The van der Waals surface area contributed by atoms with Gasteiger partial charge in [-0.1, -0.05) is 24.3 Å². The molecule has 1 aliphatic rings. The smallest absolute Gasteiger partial charge is 0.270 e. The molecule has 1 fully saturated rings. The number of anilines is 1. The molecule has 1 aromatic carbocycles. The first-order chi connectivity index (χ1) is 12.7. The van der Waals surface area contributed by atoms with Gasteiger partial charge in [-0.3, -0.25) is 9.69 Å². The molecule has 1 aliphatic heterocycles. The lowest BCUT2D eigenvalue weighted by Gasteiger charge is -2.36. The highest BCUT2D eigenvalue weighted by Gasteiger charge is 2.24. The Bertz CT molecular complexity index is 1020. The van der Waals surface area contributed by atoms with Crippen molar-refractivity contribution in [2.45, 2.75) is 6.54 Å². The largest absolute Gasteiger partial charge is 0.367 e. The molecule has 0 spiro atoms. The van der Waals surface area contributed by atoms with Crippen molar-refractivity contribution < 1.29 is 0 Å². The van der Waals surface area contributed by atoms with Gasteiger partial charge in [-0.2, -0.15) is 5.26 Å². The van der Waals surface area contributed by atoms with Crippen LogP contribution in [-0.4, -0.2) is 35.6 Å². The lowest BCUT2D eigenvalue weighted by molar-refractivity contribution is 0.252. The van der Waals surface area contributed by atoms with Crippen LogP contribution in [-0.2, 0) is 13.6 Å². The molecule has 0 bridgehead atoms. The number of benzene rings is 1. The quantitative estimate of drug-likeness (QED) is 0.717. The van der Waals surface area contributed by atoms with Crippen LogP contribution < -0.4 is 10.5 Å². The van der Waals surface area contributed by atoms with Gasteiger partial charge in [-0.05, 0) is 17.5 Å². The molecule has 0 saturated carbocycles. The van der Waals surface area contributed by atoms with Crippen LogP contribution in [0.4, 0.5) is 5.69 Å². The average Bonchev–Trinajstić information content (AvgIpc) is 3.18. The average molecular weight is 364 g/mol. The first kappa shape index (κ1) is 16.8. The Balaban J connectivity index is 1.66. The molecule has 0 N–H and O–H groups in total. The first-order valence-corrected chi connectivity index (χ1v) is 9.58. The summed E-state index contributed by atoms with van der Waals surface area (Å²) in [6.07, 6.45) is 0. The summed E-state index contributed by atoms with van der Waals surface area (Å²) in [5.74, 6) is 0. The van der Waals surface area contributed by atoms with Crippen molar-refractivity contribution in [3.63, 3.8) is 0 Å². The number of rotatable bonds is 3. The molecule has 4 rings (SSSR count). The fraction of sp³-hybridized carbons (Fsp3) is 0.300. The van der Waals surface area contributed by atoms with Crippen LogP contribution in [0.2, 0.25) is 0 Å². The first-order valence-electron chi connectivity index (χ1n) is 8.70. The van der Waals surface area contributed by atoms with E-state index in [1.165, 1.54) is 4.88 Å². The third-order valence-corrected chi connectivity index (χ3v) is 5.90. The van der Waals surface area contributed by atoms with Crippen LogP contribution in [0.15, 0.2) is 46.6 Å². The van der Waals surface area contributed by atoms with E-state index in [0.29, 0.717) is 0 Å². The van der Waals surface area contributed by atoms with E-state index in [1.54, 1.807) is 23.0 Å². The second-order valence-corrected chi connectivity index (χ2v) is 7.59. The third kappa shape index (κ3) is 2.90. The number of thiophene rings is 1. The Hall–Kier alpha value is -2.62. The standard InChI is InChI=1S/C20H20N4OS/c1-22-18-7-3-2-6-16(18)19(17(13-21)20(22)25)24-10-8-23(9-11-24)14-15-5-4-12-26-15/h2-7,12H,8-11,14H2,1H3. The van der Waals surface area contributed by atoms with Crippen LogP contribution in [0.1, 0.15) is 10.4 Å². The van der Waals surface area contributed by atoms with Gasteiger partial charge >= 0.3 is 0 Å². The molecule has 3 aromatic rings. The molecular weight excluding hydrogens is 344 g/mol. The predicted octanol–water partition coefficient (Wildman–Crippen LogP) is 2.79. The number of aromatic nitrogens is 1. The van der Waals surface area contributed by atoms with Crippen molar-refractivity contribution in [2.75, 3.05) is 31.1 Å². The fourth-order valence-corrected chi connectivity index (χ4v) is 4.41. The number of nitriles is 1. The van der Waals surface area contributed by atoms with E-state index in [-0.39, 0.29) is 11.1 Å². The Kier molecular flexibility index (Phi) is 4.49. The maximum absolute atomic E-state index is 12.7. The zero-order chi connectivity index (χ0) is 18.1. The highest BCUT2D eigenvalue weighted by molar-refractivity contribution is 7.09. The summed E-state index contributed by atoms with van der Waals surface area (Å²) in [5.41, 5.74) is 1.69. The molecule has 0 radical (unpaired) electrons. The minimum Gasteiger partial charge on any atom is -0.367 e. The van der Waals surface area contributed by atoms with Crippen LogP contribution in [0.5, 0.6) is 0 Å². The van der Waals surface area contributed by atoms with E-state index in [4.69, 9.17) is 0 Å². The fourth-order valence-electron chi connectivity index (χ4n) is 3.66. The molecule has 0 atom stereocenters. The van der Waals surface area contributed by atoms with Gasteiger partial charge in [0.05, 0.1) is 11.2 Å². The van der Waals surface area contributed by atoms with E-state index in [1.807, 2.05) is 24.3 Å². The highest BCUT2D eigenvalue weighted by atomic mass is 32.1. The summed E-state index contributed by atoms with van der Waals surface area (Å²) < 4.78 is 1.57. The minimum absolute atomic E-state index is 0.220. The van der Waals surface area contributed by atoms with E-state index < -0.39 is 0 Å².